The van der Waals surface area contributed by atoms with Crippen molar-refractivity contribution in [2.75, 3.05) is 31.1 Å². The molecule has 2 aliphatic rings. The number of aliphatic hydroxyl groups excluding tert-OH is 1. The normalized spacial score (nSPS) is 24.3. The van der Waals surface area contributed by atoms with Crippen LogP contribution in [0.4, 0.5) is 5.69 Å². The second-order valence-corrected chi connectivity index (χ2v) is 5.98. The summed E-state index contributed by atoms with van der Waals surface area (Å²) < 4.78 is 0. The summed E-state index contributed by atoms with van der Waals surface area (Å²) in [7, 11) is 0. The Bertz CT molecular complexity index is 452. The lowest BCUT2D eigenvalue weighted by Crippen LogP contribution is -2.54. The molecule has 0 aromatic heterocycles. The fourth-order valence-corrected chi connectivity index (χ4v) is 3.60. The van der Waals surface area contributed by atoms with Crippen molar-refractivity contribution in [3.63, 3.8) is 0 Å². The number of hydrogen-bond donors (Lipinski definition) is 1. The van der Waals surface area contributed by atoms with Gasteiger partial charge in [-0.2, -0.15) is 0 Å². The molecule has 0 saturated carbocycles. The Morgan fingerprint density at radius 2 is 2.11 bits per heavy atom. The predicted molar refractivity (Wildman–Crippen MR) is 78.8 cm³/mol. The van der Waals surface area contributed by atoms with Crippen LogP contribution in [0, 0.1) is 0 Å². The summed E-state index contributed by atoms with van der Waals surface area (Å²) in [5.74, 6) is 0. The van der Waals surface area contributed by atoms with E-state index in [1.807, 2.05) is 18.2 Å². The summed E-state index contributed by atoms with van der Waals surface area (Å²) in [6.45, 7) is 4.59. The number of aliphatic hydroxyl groups is 1. The molecule has 0 spiro atoms. The fourth-order valence-electron chi connectivity index (χ4n) is 3.28. The van der Waals surface area contributed by atoms with E-state index in [2.05, 4.69) is 9.80 Å². The highest BCUT2D eigenvalue weighted by Crippen LogP contribution is 2.30. The van der Waals surface area contributed by atoms with Crippen LogP contribution in [-0.2, 0) is 6.61 Å². The summed E-state index contributed by atoms with van der Waals surface area (Å²) >= 11 is 6.35. The highest BCUT2D eigenvalue weighted by molar-refractivity contribution is 6.33. The van der Waals surface area contributed by atoms with E-state index < -0.39 is 0 Å². The van der Waals surface area contributed by atoms with E-state index in [-0.39, 0.29) is 6.61 Å². The smallest absolute Gasteiger partial charge is 0.0682 e. The van der Waals surface area contributed by atoms with E-state index in [4.69, 9.17) is 16.7 Å². The first-order chi connectivity index (χ1) is 9.28. The molecule has 2 saturated heterocycles. The Labute approximate surface area is 119 Å². The van der Waals surface area contributed by atoms with Gasteiger partial charge in [0.2, 0.25) is 0 Å². The average Bonchev–Trinajstić information content (AvgIpc) is 2.46. The zero-order chi connectivity index (χ0) is 13.2. The van der Waals surface area contributed by atoms with Gasteiger partial charge in [-0.1, -0.05) is 24.1 Å². The molecule has 3 nitrogen and oxygen atoms in total. The molecule has 4 heteroatoms. The van der Waals surface area contributed by atoms with Crippen molar-refractivity contribution in [1.29, 1.82) is 0 Å². The number of piperidine rings is 1. The van der Waals surface area contributed by atoms with Crippen molar-refractivity contribution < 1.29 is 5.11 Å². The Hall–Kier alpha value is -0.770. The SMILES string of the molecule is OCc1ccc(N2CCN3CCCCC3C2)c(Cl)c1. The van der Waals surface area contributed by atoms with Gasteiger partial charge < -0.3 is 10.0 Å². The molecular formula is C15H21ClN2O. The maximum atomic E-state index is 9.14. The minimum absolute atomic E-state index is 0.0520. The van der Waals surface area contributed by atoms with Crippen LogP contribution in [0.2, 0.25) is 5.02 Å². The lowest BCUT2D eigenvalue weighted by Gasteiger charge is -2.45. The molecule has 1 aromatic carbocycles. The van der Waals surface area contributed by atoms with Gasteiger partial charge in [0.1, 0.15) is 0 Å². The van der Waals surface area contributed by atoms with Gasteiger partial charge in [0.25, 0.3) is 0 Å². The number of nitrogens with zero attached hydrogens (tertiary/aromatic N) is 2. The van der Waals surface area contributed by atoms with Crippen molar-refractivity contribution in [2.45, 2.75) is 31.9 Å². The molecule has 19 heavy (non-hydrogen) atoms. The Morgan fingerprint density at radius 3 is 2.89 bits per heavy atom. The van der Waals surface area contributed by atoms with Crippen molar-refractivity contribution in [3.05, 3.63) is 28.8 Å². The molecule has 2 fully saturated rings. The van der Waals surface area contributed by atoms with Crippen LogP contribution in [0.5, 0.6) is 0 Å². The van der Waals surface area contributed by atoms with Crippen LogP contribution in [-0.4, -0.2) is 42.2 Å². The lowest BCUT2D eigenvalue weighted by atomic mass is 9.99. The lowest BCUT2D eigenvalue weighted by molar-refractivity contribution is 0.133. The zero-order valence-electron chi connectivity index (χ0n) is 11.2. The summed E-state index contributed by atoms with van der Waals surface area (Å²) in [6, 6.07) is 6.58. The number of anilines is 1. The average molecular weight is 281 g/mol. The van der Waals surface area contributed by atoms with Gasteiger partial charge in [0.15, 0.2) is 0 Å². The first-order valence-corrected chi connectivity index (χ1v) is 7.54. The summed E-state index contributed by atoms with van der Waals surface area (Å²) in [4.78, 5) is 5.02. The molecule has 2 aliphatic heterocycles. The van der Waals surface area contributed by atoms with Crippen LogP contribution in [0.1, 0.15) is 24.8 Å². The van der Waals surface area contributed by atoms with Crippen molar-refractivity contribution >= 4 is 17.3 Å². The second kappa shape index (κ2) is 5.70. The summed E-state index contributed by atoms with van der Waals surface area (Å²) in [5, 5.41) is 9.90. The Balaban J connectivity index is 1.75. The molecule has 0 bridgehead atoms. The molecular weight excluding hydrogens is 260 g/mol. The minimum Gasteiger partial charge on any atom is -0.392 e. The molecule has 104 valence electrons. The maximum Gasteiger partial charge on any atom is 0.0682 e. The topological polar surface area (TPSA) is 26.7 Å². The third-order valence-electron chi connectivity index (χ3n) is 4.37. The Morgan fingerprint density at radius 1 is 1.21 bits per heavy atom. The number of halogens is 1. The first-order valence-electron chi connectivity index (χ1n) is 7.16. The first kappa shape index (κ1) is 13.2. The van der Waals surface area contributed by atoms with E-state index in [0.29, 0.717) is 6.04 Å². The van der Waals surface area contributed by atoms with E-state index in [0.717, 1.165) is 35.9 Å². The third kappa shape index (κ3) is 2.73. The highest BCUT2D eigenvalue weighted by atomic mass is 35.5. The van der Waals surface area contributed by atoms with Gasteiger partial charge in [-0.15, -0.1) is 0 Å². The van der Waals surface area contributed by atoms with Crippen molar-refractivity contribution in [1.82, 2.24) is 4.90 Å². The molecule has 0 aliphatic carbocycles. The maximum absolute atomic E-state index is 9.14. The van der Waals surface area contributed by atoms with Crippen LogP contribution >= 0.6 is 11.6 Å². The number of benzene rings is 1. The van der Waals surface area contributed by atoms with Crippen molar-refractivity contribution in [2.24, 2.45) is 0 Å². The van der Waals surface area contributed by atoms with E-state index in [1.165, 1.54) is 25.8 Å². The number of piperazine rings is 1. The van der Waals surface area contributed by atoms with Gasteiger partial charge in [-0.25, -0.2) is 0 Å². The van der Waals surface area contributed by atoms with Crippen LogP contribution in [0.15, 0.2) is 18.2 Å². The monoisotopic (exact) mass is 280 g/mol. The predicted octanol–water partition coefficient (Wildman–Crippen LogP) is 2.51. The molecule has 1 N–H and O–H groups in total. The van der Waals surface area contributed by atoms with Crippen LogP contribution in [0.25, 0.3) is 0 Å². The minimum atomic E-state index is 0.0520. The van der Waals surface area contributed by atoms with Gasteiger partial charge in [-0.3, -0.25) is 4.90 Å². The molecule has 1 unspecified atom stereocenters. The standard InChI is InChI=1S/C15H21ClN2O/c16-14-9-12(11-19)4-5-15(14)18-8-7-17-6-2-1-3-13(17)10-18/h4-5,9,13,19H,1-3,6-8,10-11H2. The fraction of sp³-hybridized carbons (Fsp3) is 0.600. The number of fused-ring (bicyclic) bond motifs is 1. The molecule has 3 rings (SSSR count). The number of hydrogen-bond acceptors (Lipinski definition) is 3. The molecule has 0 radical (unpaired) electrons. The highest BCUT2D eigenvalue weighted by Gasteiger charge is 2.29. The third-order valence-corrected chi connectivity index (χ3v) is 4.68. The van der Waals surface area contributed by atoms with Gasteiger partial charge in [-0.05, 0) is 37.1 Å². The molecule has 1 aromatic rings. The molecule has 2 heterocycles. The van der Waals surface area contributed by atoms with Gasteiger partial charge in [0, 0.05) is 25.7 Å². The summed E-state index contributed by atoms with van der Waals surface area (Å²) in [6.07, 6.45) is 4.01. The van der Waals surface area contributed by atoms with Gasteiger partial charge in [0.05, 0.1) is 17.3 Å². The van der Waals surface area contributed by atoms with Gasteiger partial charge >= 0.3 is 0 Å². The van der Waals surface area contributed by atoms with E-state index in [9.17, 15) is 0 Å². The van der Waals surface area contributed by atoms with Crippen LogP contribution in [0.3, 0.4) is 0 Å². The second-order valence-electron chi connectivity index (χ2n) is 5.58. The number of rotatable bonds is 2. The molecule has 1 atom stereocenters. The van der Waals surface area contributed by atoms with E-state index in [1.54, 1.807) is 0 Å². The zero-order valence-corrected chi connectivity index (χ0v) is 11.9. The van der Waals surface area contributed by atoms with Crippen molar-refractivity contribution in [3.8, 4) is 0 Å². The quantitative estimate of drug-likeness (QED) is 0.902. The van der Waals surface area contributed by atoms with E-state index >= 15 is 0 Å². The Kier molecular flexibility index (Phi) is 3.96. The van der Waals surface area contributed by atoms with Crippen LogP contribution < -0.4 is 4.90 Å². The largest absolute Gasteiger partial charge is 0.392 e. The molecule has 0 amide bonds. The summed E-state index contributed by atoms with van der Waals surface area (Å²) in [5.41, 5.74) is 1.99.